The zero-order valence-electron chi connectivity index (χ0n) is 13.3. The molecule has 0 aliphatic carbocycles. The lowest BCUT2D eigenvalue weighted by atomic mass is 9.93. The summed E-state index contributed by atoms with van der Waals surface area (Å²) in [7, 11) is -3.91. The summed E-state index contributed by atoms with van der Waals surface area (Å²) in [5.74, 6) is -0.235. The predicted molar refractivity (Wildman–Crippen MR) is 91.5 cm³/mol. The van der Waals surface area contributed by atoms with Crippen molar-refractivity contribution in [1.29, 1.82) is 0 Å². The van der Waals surface area contributed by atoms with Crippen LogP contribution in [-0.2, 0) is 16.6 Å². The third-order valence-electron chi connectivity index (χ3n) is 3.96. The first-order chi connectivity index (χ1) is 11.3. The molecule has 6 nitrogen and oxygen atoms in total. The highest BCUT2D eigenvalue weighted by molar-refractivity contribution is 7.89. The van der Waals surface area contributed by atoms with E-state index < -0.39 is 22.3 Å². The van der Waals surface area contributed by atoms with Gasteiger partial charge in [0.05, 0.1) is 17.5 Å². The molecule has 3 atom stereocenters. The number of nitrogens with two attached hydrogens (primary N) is 1. The number of hydrogen-bond donors (Lipinski definition) is 4. The van der Waals surface area contributed by atoms with Crippen LogP contribution >= 0.6 is 0 Å². The molecule has 5 N–H and O–H groups in total. The number of benzene rings is 2. The van der Waals surface area contributed by atoms with Crippen LogP contribution in [0.25, 0.3) is 0 Å². The molecule has 2 aromatic carbocycles. The van der Waals surface area contributed by atoms with Crippen LogP contribution in [0.5, 0.6) is 0 Å². The maximum absolute atomic E-state index is 12.3. The number of hydrogen-bond acceptors (Lipinski definition) is 5. The van der Waals surface area contributed by atoms with Gasteiger partial charge in [0.15, 0.2) is 0 Å². The predicted octanol–water partition coefficient (Wildman–Crippen LogP) is 0.907. The van der Waals surface area contributed by atoms with Crippen molar-refractivity contribution < 1.29 is 18.6 Å². The molecule has 0 aliphatic heterocycles. The van der Waals surface area contributed by atoms with E-state index in [1.165, 1.54) is 24.3 Å². The van der Waals surface area contributed by atoms with E-state index in [9.17, 15) is 13.5 Å². The Bertz CT molecular complexity index is 748. The average Bonchev–Trinajstić information content (AvgIpc) is 2.60. The van der Waals surface area contributed by atoms with Gasteiger partial charge in [-0.25, -0.2) is 8.42 Å². The molecular weight excluding hydrogens is 328 g/mol. The molecule has 0 saturated heterocycles. The largest absolute Gasteiger partial charge is 0.392 e. The fraction of sp³-hybridized carbons (Fsp3) is 0.294. The highest BCUT2D eigenvalue weighted by Crippen LogP contribution is 2.20. The molecule has 0 aromatic heterocycles. The quantitative estimate of drug-likeness (QED) is 0.554. The van der Waals surface area contributed by atoms with Gasteiger partial charge >= 0.3 is 0 Å². The van der Waals surface area contributed by atoms with Gasteiger partial charge in [-0.15, -0.1) is 0 Å². The van der Waals surface area contributed by atoms with Gasteiger partial charge in [-0.2, -0.15) is 4.72 Å². The van der Waals surface area contributed by atoms with E-state index in [2.05, 4.69) is 4.72 Å². The Labute approximate surface area is 142 Å². The van der Waals surface area contributed by atoms with Gasteiger partial charge in [0.25, 0.3) is 0 Å². The van der Waals surface area contributed by atoms with Gasteiger partial charge in [-0.05, 0) is 23.3 Å². The topological polar surface area (TPSA) is 113 Å². The Morgan fingerprint density at radius 3 is 2.21 bits per heavy atom. The third kappa shape index (κ3) is 4.40. The van der Waals surface area contributed by atoms with Crippen LogP contribution in [0.15, 0.2) is 59.5 Å². The number of rotatable bonds is 7. The first-order valence-electron chi connectivity index (χ1n) is 7.56. The van der Waals surface area contributed by atoms with Crippen LogP contribution in [0.3, 0.4) is 0 Å². The molecule has 0 spiro atoms. The Morgan fingerprint density at radius 1 is 1.08 bits per heavy atom. The summed E-state index contributed by atoms with van der Waals surface area (Å²) in [6.45, 7) is 1.66. The van der Waals surface area contributed by atoms with Crippen molar-refractivity contribution in [3.63, 3.8) is 0 Å². The molecule has 0 radical (unpaired) electrons. The van der Waals surface area contributed by atoms with Gasteiger partial charge in [-0.1, -0.05) is 49.4 Å². The van der Waals surface area contributed by atoms with Crippen LogP contribution in [0.1, 0.15) is 24.0 Å². The lowest BCUT2D eigenvalue weighted by Gasteiger charge is -2.26. The minimum atomic E-state index is -3.91. The highest BCUT2D eigenvalue weighted by Gasteiger charge is 2.27. The summed E-state index contributed by atoms with van der Waals surface area (Å²) < 4.78 is 26.8. The van der Waals surface area contributed by atoms with E-state index in [1.54, 1.807) is 0 Å². The monoisotopic (exact) mass is 350 g/mol. The van der Waals surface area contributed by atoms with Crippen molar-refractivity contribution >= 4 is 10.0 Å². The van der Waals surface area contributed by atoms with E-state index in [4.69, 9.17) is 10.8 Å². The molecule has 0 heterocycles. The smallest absolute Gasteiger partial charge is 0.242 e. The van der Waals surface area contributed by atoms with Crippen molar-refractivity contribution in [3.05, 3.63) is 65.7 Å². The summed E-state index contributed by atoms with van der Waals surface area (Å²) in [6, 6.07) is 14.3. The summed E-state index contributed by atoms with van der Waals surface area (Å²) >= 11 is 0. The van der Waals surface area contributed by atoms with Crippen LogP contribution in [-0.4, -0.2) is 30.9 Å². The standard InChI is InChI=1S/C17H22N2O4S/c1-12(14-5-3-2-4-6-14)16(18)17(21)19-24(22,23)15-9-7-13(11-20)8-10-15/h2-10,12,16-17,19-21H,11,18H2,1H3/t12-,16+,17?/m0/s1. The van der Waals surface area contributed by atoms with E-state index in [1.807, 2.05) is 37.3 Å². The summed E-state index contributed by atoms with van der Waals surface area (Å²) in [6.07, 6.45) is -1.43. The summed E-state index contributed by atoms with van der Waals surface area (Å²) in [4.78, 5) is -0.00156. The van der Waals surface area contributed by atoms with E-state index in [0.717, 1.165) is 5.56 Å². The Balaban J connectivity index is 2.10. The molecule has 2 aromatic rings. The number of aliphatic hydroxyl groups excluding tert-OH is 2. The van der Waals surface area contributed by atoms with Gasteiger partial charge in [-0.3, -0.25) is 0 Å². The minimum Gasteiger partial charge on any atom is -0.392 e. The van der Waals surface area contributed by atoms with Crippen LogP contribution in [0, 0.1) is 0 Å². The molecule has 1 unspecified atom stereocenters. The van der Waals surface area contributed by atoms with Gasteiger partial charge in [0.1, 0.15) is 6.23 Å². The van der Waals surface area contributed by atoms with Crippen molar-refractivity contribution in [2.75, 3.05) is 0 Å². The van der Waals surface area contributed by atoms with Crippen molar-refractivity contribution in [1.82, 2.24) is 4.72 Å². The molecule has 0 bridgehead atoms. The maximum atomic E-state index is 12.3. The molecular formula is C17H22N2O4S. The van der Waals surface area contributed by atoms with Gasteiger partial charge in [0.2, 0.25) is 10.0 Å². The normalized spacial score (nSPS) is 15.7. The zero-order chi connectivity index (χ0) is 17.7. The zero-order valence-corrected chi connectivity index (χ0v) is 14.1. The molecule has 0 amide bonds. The number of nitrogens with one attached hydrogen (secondary N) is 1. The molecule has 0 saturated carbocycles. The number of aliphatic hydroxyl groups is 2. The van der Waals surface area contributed by atoms with E-state index in [-0.39, 0.29) is 17.4 Å². The minimum absolute atomic E-state index is 0.00156. The third-order valence-corrected chi connectivity index (χ3v) is 5.40. The van der Waals surface area contributed by atoms with Crippen LogP contribution in [0.4, 0.5) is 0 Å². The second-order valence-electron chi connectivity index (χ2n) is 5.64. The van der Waals surface area contributed by atoms with Crippen LogP contribution in [0.2, 0.25) is 0 Å². The SMILES string of the molecule is C[C@@H](c1ccccc1)[C@@H](N)C(O)NS(=O)(=O)c1ccc(CO)cc1. The molecule has 24 heavy (non-hydrogen) atoms. The fourth-order valence-electron chi connectivity index (χ4n) is 2.33. The molecule has 130 valence electrons. The first kappa shape index (κ1) is 18.6. The Hall–Kier alpha value is -1.77. The fourth-order valence-corrected chi connectivity index (χ4v) is 3.44. The highest BCUT2D eigenvalue weighted by atomic mass is 32.2. The lowest BCUT2D eigenvalue weighted by molar-refractivity contribution is 0.124. The Kier molecular flexibility index (Phi) is 6.09. The second-order valence-corrected chi connectivity index (χ2v) is 7.36. The van der Waals surface area contributed by atoms with E-state index in [0.29, 0.717) is 5.56 Å². The molecule has 0 fully saturated rings. The summed E-state index contributed by atoms with van der Waals surface area (Å²) in [5, 5.41) is 19.2. The molecule has 0 aliphatic rings. The van der Waals surface area contributed by atoms with Crippen molar-refractivity contribution in [2.45, 2.75) is 36.6 Å². The average molecular weight is 350 g/mol. The Morgan fingerprint density at radius 2 is 1.67 bits per heavy atom. The first-order valence-corrected chi connectivity index (χ1v) is 9.04. The lowest BCUT2D eigenvalue weighted by Crippen LogP contribution is -2.49. The van der Waals surface area contributed by atoms with Crippen molar-refractivity contribution in [2.24, 2.45) is 5.73 Å². The van der Waals surface area contributed by atoms with E-state index >= 15 is 0 Å². The van der Waals surface area contributed by atoms with Gasteiger partial charge in [0, 0.05) is 5.92 Å². The van der Waals surface area contributed by atoms with Crippen molar-refractivity contribution in [3.8, 4) is 0 Å². The summed E-state index contributed by atoms with van der Waals surface area (Å²) in [5.41, 5.74) is 7.53. The molecule has 2 rings (SSSR count). The van der Waals surface area contributed by atoms with Gasteiger partial charge < -0.3 is 15.9 Å². The second kappa shape index (κ2) is 7.87. The number of sulfonamides is 1. The molecule has 7 heteroatoms. The van der Waals surface area contributed by atoms with Crippen LogP contribution < -0.4 is 10.5 Å². The maximum Gasteiger partial charge on any atom is 0.242 e.